The summed E-state index contributed by atoms with van der Waals surface area (Å²) in [6.45, 7) is 2.49. The Labute approximate surface area is 127 Å². The van der Waals surface area contributed by atoms with Gasteiger partial charge in [0, 0.05) is 16.2 Å². The fraction of sp³-hybridized carbons (Fsp3) is 0.214. The van der Waals surface area contributed by atoms with E-state index >= 15 is 0 Å². The van der Waals surface area contributed by atoms with Gasteiger partial charge in [0.05, 0.1) is 18.8 Å². The number of nitrogens with zero attached hydrogens (tertiary/aromatic N) is 1. The van der Waals surface area contributed by atoms with Crippen molar-refractivity contribution in [1.29, 1.82) is 0 Å². The molecule has 4 nitrogen and oxygen atoms in total. The molecule has 2 aromatic rings. The normalized spacial score (nSPS) is 12.2. The minimum absolute atomic E-state index is 0.311. The van der Waals surface area contributed by atoms with Crippen LogP contribution in [0, 0.1) is 0 Å². The molecule has 1 aromatic heterocycles. The van der Waals surface area contributed by atoms with Gasteiger partial charge in [-0.25, -0.2) is 5.43 Å². The van der Waals surface area contributed by atoms with Gasteiger partial charge in [-0.1, -0.05) is 23.2 Å². The lowest BCUT2D eigenvalue weighted by Gasteiger charge is -2.18. The standard InChI is InChI=1S/C14H15Cl2N3O/c1-2-20-11-5-9(7-18-8-11)14(19-17)12-6-10(15)3-4-13(12)16/h3-8,14,19H,2,17H2,1H3. The van der Waals surface area contributed by atoms with Crippen LogP contribution in [0.5, 0.6) is 5.75 Å². The van der Waals surface area contributed by atoms with E-state index in [1.165, 1.54) is 0 Å². The third-order valence-electron chi connectivity index (χ3n) is 2.81. The van der Waals surface area contributed by atoms with Crippen molar-refractivity contribution in [3.8, 4) is 5.75 Å². The van der Waals surface area contributed by atoms with Gasteiger partial charge in [-0.2, -0.15) is 0 Å². The van der Waals surface area contributed by atoms with E-state index in [0.717, 1.165) is 11.1 Å². The smallest absolute Gasteiger partial charge is 0.137 e. The van der Waals surface area contributed by atoms with Crippen LogP contribution in [0.1, 0.15) is 24.1 Å². The number of halogens is 2. The zero-order chi connectivity index (χ0) is 14.5. The predicted octanol–water partition coefficient (Wildman–Crippen LogP) is 3.34. The number of nitrogens with one attached hydrogen (secondary N) is 1. The molecule has 0 radical (unpaired) electrons. The first-order valence-corrected chi connectivity index (χ1v) is 6.90. The molecule has 0 spiro atoms. The Morgan fingerprint density at radius 1 is 1.30 bits per heavy atom. The van der Waals surface area contributed by atoms with Crippen molar-refractivity contribution in [2.75, 3.05) is 6.61 Å². The summed E-state index contributed by atoms with van der Waals surface area (Å²) in [5.41, 5.74) is 4.37. The Kier molecular flexibility index (Phi) is 5.20. The Hall–Kier alpha value is -1.33. The van der Waals surface area contributed by atoms with Crippen LogP contribution in [-0.2, 0) is 0 Å². The molecule has 0 amide bonds. The number of pyridine rings is 1. The zero-order valence-corrected chi connectivity index (χ0v) is 12.4. The Morgan fingerprint density at radius 3 is 2.80 bits per heavy atom. The number of nitrogens with two attached hydrogens (primary N) is 1. The molecule has 3 N–H and O–H groups in total. The molecule has 1 heterocycles. The number of hydrogen-bond acceptors (Lipinski definition) is 4. The molecule has 1 aromatic carbocycles. The molecule has 1 atom stereocenters. The van der Waals surface area contributed by atoms with Crippen molar-refractivity contribution in [3.05, 3.63) is 57.8 Å². The average Bonchev–Trinajstić information content (AvgIpc) is 2.44. The van der Waals surface area contributed by atoms with Crippen LogP contribution < -0.4 is 16.0 Å². The highest BCUT2D eigenvalue weighted by Crippen LogP contribution is 2.31. The van der Waals surface area contributed by atoms with Crippen molar-refractivity contribution in [2.24, 2.45) is 5.84 Å². The van der Waals surface area contributed by atoms with Gasteiger partial charge < -0.3 is 4.74 Å². The molecule has 2 rings (SSSR count). The minimum atomic E-state index is -0.311. The second-order valence-electron chi connectivity index (χ2n) is 4.15. The molecule has 6 heteroatoms. The van der Waals surface area contributed by atoms with Crippen LogP contribution in [0.3, 0.4) is 0 Å². The number of hydrazine groups is 1. The van der Waals surface area contributed by atoms with E-state index in [4.69, 9.17) is 33.8 Å². The number of rotatable bonds is 5. The summed E-state index contributed by atoms with van der Waals surface area (Å²) < 4.78 is 5.44. The van der Waals surface area contributed by atoms with Gasteiger partial charge in [-0.15, -0.1) is 0 Å². The third-order valence-corrected chi connectivity index (χ3v) is 3.39. The molecule has 0 fully saturated rings. The number of benzene rings is 1. The summed E-state index contributed by atoms with van der Waals surface area (Å²) in [4.78, 5) is 4.15. The maximum Gasteiger partial charge on any atom is 0.137 e. The first-order valence-electron chi connectivity index (χ1n) is 6.14. The molecule has 0 aliphatic carbocycles. The van der Waals surface area contributed by atoms with E-state index in [-0.39, 0.29) is 6.04 Å². The SMILES string of the molecule is CCOc1cncc(C(NN)c2cc(Cl)ccc2Cl)c1. The number of hydrogen-bond donors (Lipinski definition) is 2. The molecule has 106 valence electrons. The lowest BCUT2D eigenvalue weighted by Crippen LogP contribution is -2.29. The largest absolute Gasteiger partial charge is 0.492 e. The van der Waals surface area contributed by atoms with Gasteiger partial charge in [0.1, 0.15) is 5.75 Å². The first kappa shape index (κ1) is 15.1. The van der Waals surface area contributed by atoms with E-state index in [2.05, 4.69) is 10.4 Å². The molecule has 20 heavy (non-hydrogen) atoms. The van der Waals surface area contributed by atoms with Crippen molar-refractivity contribution >= 4 is 23.2 Å². The predicted molar refractivity (Wildman–Crippen MR) is 81.0 cm³/mol. The summed E-state index contributed by atoms with van der Waals surface area (Å²) in [7, 11) is 0. The van der Waals surface area contributed by atoms with E-state index in [0.29, 0.717) is 22.4 Å². The Bertz CT molecular complexity index is 592. The fourth-order valence-electron chi connectivity index (χ4n) is 1.94. The van der Waals surface area contributed by atoms with E-state index in [1.54, 1.807) is 30.6 Å². The molecule has 0 saturated heterocycles. The molecule has 0 aliphatic rings. The van der Waals surface area contributed by atoms with Crippen LogP contribution in [0.4, 0.5) is 0 Å². The van der Waals surface area contributed by atoms with Crippen molar-refractivity contribution in [3.63, 3.8) is 0 Å². The van der Waals surface area contributed by atoms with Crippen LogP contribution in [0.25, 0.3) is 0 Å². The highest BCUT2D eigenvalue weighted by molar-refractivity contribution is 6.33. The number of ether oxygens (including phenoxy) is 1. The van der Waals surface area contributed by atoms with E-state index in [1.807, 2.05) is 13.0 Å². The maximum absolute atomic E-state index is 6.21. The summed E-state index contributed by atoms with van der Waals surface area (Å²) in [5.74, 6) is 6.34. The van der Waals surface area contributed by atoms with Crippen molar-refractivity contribution in [2.45, 2.75) is 13.0 Å². The van der Waals surface area contributed by atoms with Crippen LogP contribution in [-0.4, -0.2) is 11.6 Å². The summed E-state index contributed by atoms with van der Waals surface area (Å²) in [6, 6.07) is 6.81. The lowest BCUT2D eigenvalue weighted by molar-refractivity contribution is 0.338. The topological polar surface area (TPSA) is 60.2 Å². The average molecular weight is 312 g/mol. The first-order chi connectivity index (χ1) is 9.65. The second kappa shape index (κ2) is 6.90. The Morgan fingerprint density at radius 2 is 2.10 bits per heavy atom. The van der Waals surface area contributed by atoms with Gasteiger partial charge in [0.2, 0.25) is 0 Å². The number of aromatic nitrogens is 1. The molecular formula is C14H15Cl2N3O. The second-order valence-corrected chi connectivity index (χ2v) is 5.00. The Balaban J connectivity index is 2.41. The van der Waals surface area contributed by atoms with Gasteiger partial charge in [0.25, 0.3) is 0 Å². The van der Waals surface area contributed by atoms with Gasteiger partial charge in [0.15, 0.2) is 0 Å². The molecular weight excluding hydrogens is 297 g/mol. The van der Waals surface area contributed by atoms with Gasteiger partial charge in [-0.3, -0.25) is 10.8 Å². The van der Waals surface area contributed by atoms with Crippen LogP contribution in [0.2, 0.25) is 10.0 Å². The molecule has 1 unspecified atom stereocenters. The third kappa shape index (κ3) is 3.41. The van der Waals surface area contributed by atoms with Crippen LogP contribution in [0.15, 0.2) is 36.7 Å². The fourth-order valence-corrected chi connectivity index (χ4v) is 2.35. The maximum atomic E-state index is 6.21. The molecule has 0 saturated carbocycles. The highest BCUT2D eigenvalue weighted by Gasteiger charge is 2.17. The van der Waals surface area contributed by atoms with Gasteiger partial charge in [-0.05, 0) is 42.3 Å². The van der Waals surface area contributed by atoms with E-state index < -0.39 is 0 Å². The molecule has 0 bridgehead atoms. The summed E-state index contributed by atoms with van der Waals surface area (Å²) >= 11 is 12.2. The zero-order valence-electron chi connectivity index (χ0n) is 10.9. The van der Waals surface area contributed by atoms with E-state index in [9.17, 15) is 0 Å². The van der Waals surface area contributed by atoms with Gasteiger partial charge >= 0.3 is 0 Å². The molecule has 0 aliphatic heterocycles. The van der Waals surface area contributed by atoms with Crippen molar-refractivity contribution in [1.82, 2.24) is 10.4 Å². The lowest BCUT2D eigenvalue weighted by atomic mass is 10.0. The van der Waals surface area contributed by atoms with Crippen LogP contribution >= 0.6 is 23.2 Å². The summed E-state index contributed by atoms with van der Waals surface area (Å²) in [5, 5.41) is 1.18. The monoisotopic (exact) mass is 311 g/mol. The quantitative estimate of drug-likeness (QED) is 0.657. The minimum Gasteiger partial charge on any atom is -0.492 e. The van der Waals surface area contributed by atoms with Crippen molar-refractivity contribution < 1.29 is 4.74 Å². The summed E-state index contributed by atoms with van der Waals surface area (Å²) in [6.07, 6.45) is 3.37. The highest BCUT2D eigenvalue weighted by atomic mass is 35.5.